The summed E-state index contributed by atoms with van der Waals surface area (Å²) in [6.07, 6.45) is 4.98. The highest BCUT2D eigenvalue weighted by molar-refractivity contribution is 8.18. The summed E-state index contributed by atoms with van der Waals surface area (Å²) in [5, 5.41) is 1.88. The van der Waals surface area contributed by atoms with Crippen LogP contribution in [0.25, 0.3) is 5.76 Å². The maximum Gasteiger partial charge on any atom is 0.290 e. The van der Waals surface area contributed by atoms with Crippen LogP contribution in [0.3, 0.4) is 0 Å². The second-order valence-corrected chi connectivity index (χ2v) is 8.38. The average Bonchev–Trinajstić information content (AvgIpc) is 3.23. The van der Waals surface area contributed by atoms with Gasteiger partial charge in [0.25, 0.3) is 17.1 Å². The molecule has 0 spiro atoms. The van der Waals surface area contributed by atoms with Gasteiger partial charge in [0.15, 0.2) is 0 Å². The summed E-state index contributed by atoms with van der Waals surface area (Å²) in [5.74, 6) is 0.404. The largest absolute Gasteiger partial charge is 0.486 e. The van der Waals surface area contributed by atoms with E-state index in [1.54, 1.807) is 6.08 Å². The molecule has 29 heavy (non-hydrogen) atoms. The van der Waals surface area contributed by atoms with Crippen molar-refractivity contribution in [1.29, 1.82) is 0 Å². The van der Waals surface area contributed by atoms with Gasteiger partial charge in [0.2, 0.25) is 0 Å². The van der Waals surface area contributed by atoms with E-state index in [9.17, 15) is 14.4 Å². The van der Waals surface area contributed by atoms with Gasteiger partial charge in [0, 0.05) is 37.2 Å². The van der Waals surface area contributed by atoms with Gasteiger partial charge in [-0.2, -0.15) is 0 Å². The molecule has 0 aliphatic carbocycles. The molecule has 7 nitrogen and oxygen atoms in total. The molecule has 3 amide bonds. The van der Waals surface area contributed by atoms with Gasteiger partial charge in [-0.15, -0.1) is 0 Å². The fourth-order valence-corrected chi connectivity index (χ4v) is 4.29. The van der Waals surface area contributed by atoms with Gasteiger partial charge in [0.05, 0.1) is 4.91 Å². The topological polar surface area (TPSA) is 79.0 Å². The predicted molar refractivity (Wildman–Crippen MR) is 111 cm³/mol. The standard InChI is InChI=1S/C21H23N3O4S/c1-23-9-2-10-24(12-11-23)20(26)15-5-3-14(4-6-15)17-8-7-16(28-17)13-18-19(25)22-21(27)29-18/h3-6,8,13,16H,2,7,9-12H2,1H3,(H,22,25,27)/b18-13-. The number of nitrogens with zero attached hydrogens (tertiary/aromatic N) is 2. The van der Waals surface area contributed by atoms with E-state index in [1.807, 2.05) is 35.2 Å². The Balaban J connectivity index is 1.38. The van der Waals surface area contributed by atoms with Crippen molar-refractivity contribution >= 4 is 34.6 Å². The van der Waals surface area contributed by atoms with E-state index in [0.29, 0.717) is 16.9 Å². The summed E-state index contributed by atoms with van der Waals surface area (Å²) in [6.45, 7) is 3.43. The van der Waals surface area contributed by atoms with Crippen LogP contribution in [0.15, 0.2) is 41.3 Å². The minimum atomic E-state index is -0.375. The molecule has 8 heteroatoms. The third kappa shape index (κ3) is 4.54. The summed E-state index contributed by atoms with van der Waals surface area (Å²) in [6, 6.07) is 7.45. The lowest BCUT2D eigenvalue weighted by Crippen LogP contribution is -2.34. The van der Waals surface area contributed by atoms with Gasteiger partial charge in [-0.05, 0) is 56.1 Å². The molecular formula is C21H23N3O4S. The van der Waals surface area contributed by atoms with Crippen LogP contribution in [0.1, 0.15) is 28.8 Å². The van der Waals surface area contributed by atoms with Crippen molar-refractivity contribution in [1.82, 2.24) is 15.1 Å². The molecule has 1 aromatic carbocycles. The highest BCUT2D eigenvalue weighted by atomic mass is 32.2. The first-order valence-corrected chi connectivity index (χ1v) is 10.5. The lowest BCUT2D eigenvalue weighted by atomic mass is 10.1. The second-order valence-electron chi connectivity index (χ2n) is 7.36. The Morgan fingerprint density at radius 2 is 1.97 bits per heavy atom. The predicted octanol–water partition coefficient (Wildman–Crippen LogP) is 2.46. The Kier molecular flexibility index (Phi) is 5.73. The van der Waals surface area contributed by atoms with E-state index < -0.39 is 0 Å². The molecule has 0 radical (unpaired) electrons. The van der Waals surface area contributed by atoms with Crippen molar-refractivity contribution in [3.05, 3.63) is 52.4 Å². The third-order valence-corrected chi connectivity index (χ3v) is 6.05. The lowest BCUT2D eigenvalue weighted by molar-refractivity contribution is -0.115. The molecule has 1 aromatic rings. The van der Waals surface area contributed by atoms with Gasteiger partial charge in [0.1, 0.15) is 11.9 Å². The zero-order valence-electron chi connectivity index (χ0n) is 16.2. The first-order valence-electron chi connectivity index (χ1n) is 9.69. The average molecular weight is 413 g/mol. The highest BCUT2D eigenvalue weighted by Gasteiger charge is 2.28. The molecule has 0 saturated carbocycles. The number of likely N-dealkylation sites (N-methyl/N-ethyl adjacent to an activating group) is 1. The summed E-state index contributed by atoms with van der Waals surface area (Å²) >= 11 is 0.891. The van der Waals surface area contributed by atoms with E-state index in [0.717, 1.165) is 55.7 Å². The van der Waals surface area contributed by atoms with Gasteiger partial charge < -0.3 is 14.5 Å². The fourth-order valence-electron chi connectivity index (χ4n) is 3.58. The van der Waals surface area contributed by atoms with E-state index in [4.69, 9.17) is 4.74 Å². The highest BCUT2D eigenvalue weighted by Crippen LogP contribution is 2.31. The summed E-state index contributed by atoms with van der Waals surface area (Å²) in [7, 11) is 2.08. The van der Waals surface area contributed by atoms with Crippen molar-refractivity contribution in [2.45, 2.75) is 18.9 Å². The zero-order chi connectivity index (χ0) is 20.4. The second kappa shape index (κ2) is 8.42. The molecular weight excluding hydrogens is 390 g/mol. The molecule has 3 heterocycles. The first-order chi connectivity index (χ1) is 14.0. The summed E-state index contributed by atoms with van der Waals surface area (Å²) < 4.78 is 5.92. The molecule has 2 fully saturated rings. The van der Waals surface area contributed by atoms with Crippen LogP contribution in [-0.4, -0.2) is 66.2 Å². The lowest BCUT2D eigenvalue weighted by Gasteiger charge is -2.20. The molecule has 2 saturated heterocycles. The van der Waals surface area contributed by atoms with Crippen LogP contribution in [-0.2, 0) is 9.53 Å². The van der Waals surface area contributed by atoms with Crippen LogP contribution < -0.4 is 5.32 Å². The number of thioether (sulfide) groups is 1. The quantitative estimate of drug-likeness (QED) is 0.767. The Morgan fingerprint density at radius 1 is 1.17 bits per heavy atom. The SMILES string of the molecule is CN1CCCN(C(=O)c2ccc(C3=CCC(/C=C4\SC(=O)NC4=O)O3)cc2)CC1. The molecule has 1 N–H and O–H groups in total. The van der Waals surface area contributed by atoms with E-state index in [-0.39, 0.29) is 23.2 Å². The number of carbonyl (C=O) groups is 3. The Morgan fingerprint density at radius 3 is 2.69 bits per heavy atom. The zero-order valence-corrected chi connectivity index (χ0v) is 17.0. The van der Waals surface area contributed by atoms with E-state index in [1.165, 1.54) is 0 Å². The van der Waals surface area contributed by atoms with Crippen LogP contribution in [0.5, 0.6) is 0 Å². The number of benzene rings is 1. The maximum absolute atomic E-state index is 12.8. The van der Waals surface area contributed by atoms with Gasteiger partial charge in [-0.3, -0.25) is 19.7 Å². The van der Waals surface area contributed by atoms with Crippen molar-refractivity contribution in [3.63, 3.8) is 0 Å². The molecule has 0 aromatic heterocycles. The molecule has 4 rings (SSSR count). The number of nitrogens with one attached hydrogen (secondary N) is 1. The Bertz CT molecular complexity index is 894. The fraction of sp³-hybridized carbons (Fsp3) is 0.381. The number of rotatable bonds is 3. The van der Waals surface area contributed by atoms with E-state index >= 15 is 0 Å². The van der Waals surface area contributed by atoms with Crippen LogP contribution in [0.2, 0.25) is 0 Å². The van der Waals surface area contributed by atoms with Crippen molar-refractivity contribution < 1.29 is 19.1 Å². The molecule has 1 atom stereocenters. The minimum absolute atomic E-state index is 0.0599. The van der Waals surface area contributed by atoms with E-state index in [2.05, 4.69) is 17.3 Å². The van der Waals surface area contributed by atoms with Gasteiger partial charge in [-0.1, -0.05) is 12.1 Å². The smallest absolute Gasteiger partial charge is 0.290 e. The summed E-state index contributed by atoms with van der Waals surface area (Å²) in [5.41, 5.74) is 1.56. The number of ether oxygens (including phenoxy) is 1. The number of amides is 3. The third-order valence-electron chi connectivity index (χ3n) is 5.22. The number of imide groups is 1. The normalized spacial score (nSPS) is 24.3. The maximum atomic E-state index is 12.8. The van der Waals surface area contributed by atoms with Crippen molar-refractivity contribution in [2.24, 2.45) is 0 Å². The minimum Gasteiger partial charge on any atom is -0.486 e. The molecule has 3 aliphatic heterocycles. The molecule has 152 valence electrons. The first kappa shape index (κ1) is 19.7. The van der Waals surface area contributed by atoms with Crippen molar-refractivity contribution in [2.75, 3.05) is 33.2 Å². The Labute approximate surface area is 173 Å². The number of carbonyl (C=O) groups excluding carboxylic acids is 3. The van der Waals surface area contributed by atoms with Crippen LogP contribution in [0, 0.1) is 0 Å². The molecule has 0 bridgehead atoms. The number of hydrogen-bond acceptors (Lipinski definition) is 6. The molecule has 1 unspecified atom stereocenters. The van der Waals surface area contributed by atoms with Crippen molar-refractivity contribution in [3.8, 4) is 0 Å². The van der Waals surface area contributed by atoms with Gasteiger partial charge in [-0.25, -0.2) is 0 Å². The van der Waals surface area contributed by atoms with Gasteiger partial charge >= 0.3 is 0 Å². The molecule has 3 aliphatic rings. The van der Waals surface area contributed by atoms with Crippen LogP contribution >= 0.6 is 11.8 Å². The monoisotopic (exact) mass is 413 g/mol. The van der Waals surface area contributed by atoms with Crippen LogP contribution in [0.4, 0.5) is 4.79 Å². The summed E-state index contributed by atoms with van der Waals surface area (Å²) in [4.78, 5) is 40.2. The number of hydrogen-bond donors (Lipinski definition) is 1. The Hall–Kier alpha value is -2.58.